The number of nitriles is 1. The second kappa shape index (κ2) is 9.33. The number of hydrogen-bond acceptors (Lipinski definition) is 6. The number of hydrogen-bond donors (Lipinski definition) is 0. The molecule has 0 unspecified atom stereocenters. The van der Waals surface area contributed by atoms with Crippen LogP contribution in [0.4, 0.5) is 0 Å². The predicted molar refractivity (Wildman–Crippen MR) is 123 cm³/mol. The molecule has 0 amide bonds. The largest absolute Gasteiger partial charge is 0.244 e. The molecule has 0 saturated carbocycles. The summed E-state index contributed by atoms with van der Waals surface area (Å²) in [5, 5.41) is 23.6. The van der Waals surface area contributed by atoms with Gasteiger partial charge in [-0.25, -0.2) is 4.98 Å². The van der Waals surface area contributed by atoms with Gasteiger partial charge in [-0.05, 0) is 89.5 Å². The van der Waals surface area contributed by atoms with Crippen molar-refractivity contribution < 1.29 is 0 Å². The van der Waals surface area contributed by atoms with Crippen molar-refractivity contribution in [3.05, 3.63) is 88.6 Å². The van der Waals surface area contributed by atoms with Gasteiger partial charge in [0.05, 0.1) is 11.3 Å². The Balaban J connectivity index is 1.52. The summed E-state index contributed by atoms with van der Waals surface area (Å²) in [6, 6.07) is 22.7. The number of benzene rings is 2. The molecular formula is C25H22N6S. The second-order valence-electron chi connectivity index (χ2n) is 7.81. The third kappa shape index (κ3) is 4.14. The maximum atomic E-state index is 10.0. The van der Waals surface area contributed by atoms with E-state index in [9.17, 15) is 5.26 Å². The van der Waals surface area contributed by atoms with Gasteiger partial charge in [0.25, 0.3) is 0 Å². The quantitative estimate of drug-likeness (QED) is 0.432. The fourth-order valence-corrected chi connectivity index (χ4v) is 5.14. The highest BCUT2D eigenvalue weighted by Gasteiger charge is 2.24. The topological polar surface area (TPSA) is 80.3 Å². The zero-order chi connectivity index (χ0) is 21.8. The Bertz CT molecular complexity index is 1260. The lowest BCUT2D eigenvalue weighted by atomic mass is 9.87. The summed E-state index contributed by atoms with van der Waals surface area (Å²) in [6.45, 7) is 0. The molecule has 32 heavy (non-hydrogen) atoms. The van der Waals surface area contributed by atoms with Crippen LogP contribution >= 0.6 is 11.8 Å². The maximum absolute atomic E-state index is 10.0. The Hall–Kier alpha value is -3.50. The van der Waals surface area contributed by atoms with Crippen LogP contribution in [0.3, 0.4) is 0 Å². The zero-order valence-corrected chi connectivity index (χ0v) is 18.4. The number of rotatable bonds is 6. The summed E-state index contributed by atoms with van der Waals surface area (Å²) in [5.41, 5.74) is 6.39. The van der Waals surface area contributed by atoms with Crippen molar-refractivity contribution >= 4 is 11.8 Å². The Labute approximate surface area is 191 Å². The molecule has 0 N–H and O–H groups in total. The van der Waals surface area contributed by atoms with Crippen molar-refractivity contribution in [1.82, 2.24) is 25.2 Å². The van der Waals surface area contributed by atoms with E-state index in [0.29, 0.717) is 15.7 Å². The minimum absolute atomic E-state index is 0.602. The molecular weight excluding hydrogens is 416 g/mol. The van der Waals surface area contributed by atoms with E-state index >= 15 is 0 Å². The first-order valence-electron chi connectivity index (χ1n) is 10.8. The van der Waals surface area contributed by atoms with Crippen LogP contribution in [0.1, 0.15) is 40.8 Å². The van der Waals surface area contributed by atoms with Crippen LogP contribution in [0.2, 0.25) is 0 Å². The standard InChI is InChI=1S/C25H22N6S/c26-17-22-20-13-7-8-14-21(20)23(16-15-18-9-3-1-4-10-18)27-24(22)32-25-28-29-30-31(25)19-11-5-2-6-12-19/h1-6,9-12H,7-8,13-16H2. The lowest BCUT2D eigenvalue weighted by molar-refractivity contribution is 0.661. The van der Waals surface area contributed by atoms with Crippen LogP contribution in [0.25, 0.3) is 5.69 Å². The molecule has 0 spiro atoms. The normalized spacial score (nSPS) is 12.8. The average Bonchev–Trinajstić information content (AvgIpc) is 3.32. The number of aryl methyl sites for hydroxylation is 2. The van der Waals surface area contributed by atoms with Crippen molar-refractivity contribution in [2.45, 2.75) is 48.7 Å². The summed E-state index contributed by atoms with van der Waals surface area (Å²) in [4.78, 5) is 5.01. The van der Waals surface area contributed by atoms with E-state index in [2.05, 4.69) is 45.9 Å². The molecule has 7 heteroatoms. The zero-order valence-electron chi connectivity index (χ0n) is 17.6. The van der Waals surface area contributed by atoms with Crippen molar-refractivity contribution in [2.24, 2.45) is 0 Å². The molecule has 0 atom stereocenters. The van der Waals surface area contributed by atoms with E-state index in [1.165, 1.54) is 22.9 Å². The Morgan fingerprint density at radius 1 is 0.906 bits per heavy atom. The van der Waals surface area contributed by atoms with Crippen LogP contribution in [-0.4, -0.2) is 25.2 Å². The van der Waals surface area contributed by atoms with Crippen molar-refractivity contribution in [2.75, 3.05) is 0 Å². The fourth-order valence-electron chi connectivity index (χ4n) is 4.24. The molecule has 5 rings (SSSR count). The van der Waals surface area contributed by atoms with Gasteiger partial charge >= 0.3 is 0 Å². The van der Waals surface area contributed by atoms with E-state index in [-0.39, 0.29) is 0 Å². The van der Waals surface area contributed by atoms with Gasteiger partial charge in [-0.15, -0.1) is 5.10 Å². The number of nitrogens with zero attached hydrogens (tertiary/aromatic N) is 6. The van der Waals surface area contributed by atoms with E-state index < -0.39 is 0 Å². The van der Waals surface area contributed by atoms with Gasteiger partial charge in [0.1, 0.15) is 11.1 Å². The molecule has 2 heterocycles. The van der Waals surface area contributed by atoms with Crippen LogP contribution in [0, 0.1) is 11.3 Å². The fraction of sp³-hybridized carbons (Fsp3) is 0.240. The van der Waals surface area contributed by atoms with Crippen LogP contribution in [0.15, 0.2) is 70.8 Å². The van der Waals surface area contributed by atoms with E-state index in [0.717, 1.165) is 55.5 Å². The minimum atomic E-state index is 0.602. The Kier molecular flexibility index (Phi) is 5.95. The van der Waals surface area contributed by atoms with Crippen molar-refractivity contribution in [1.29, 1.82) is 5.26 Å². The number of tetrazole rings is 1. The molecule has 0 radical (unpaired) electrons. The minimum Gasteiger partial charge on any atom is -0.244 e. The van der Waals surface area contributed by atoms with Gasteiger partial charge in [0.2, 0.25) is 5.16 Å². The number of para-hydroxylation sites is 1. The highest BCUT2D eigenvalue weighted by molar-refractivity contribution is 7.99. The van der Waals surface area contributed by atoms with Gasteiger partial charge in [-0.3, -0.25) is 0 Å². The maximum Gasteiger partial charge on any atom is 0.220 e. The summed E-state index contributed by atoms with van der Waals surface area (Å²) in [7, 11) is 0. The van der Waals surface area contributed by atoms with Gasteiger partial charge in [-0.2, -0.15) is 9.94 Å². The highest BCUT2D eigenvalue weighted by atomic mass is 32.2. The van der Waals surface area contributed by atoms with Crippen LogP contribution in [0.5, 0.6) is 0 Å². The van der Waals surface area contributed by atoms with Gasteiger partial charge < -0.3 is 0 Å². The average molecular weight is 439 g/mol. The third-order valence-electron chi connectivity index (χ3n) is 5.80. The molecule has 158 valence electrons. The van der Waals surface area contributed by atoms with Crippen molar-refractivity contribution in [3.8, 4) is 11.8 Å². The summed E-state index contributed by atoms with van der Waals surface area (Å²) >= 11 is 1.37. The molecule has 2 aromatic carbocycles. The van der Waals surface area contributed by atoms with Crippen LogP contribution in [-0.2, 0) is 25.7 Å². The summed E-state index contributed by atoms with van der Waals surface area (Å²) < 4.78 is 1.69. The molecule has 0 aliphatic heterocycles. The second-order valence-corrected chi connectivity index (χ2v) is 8.77. The molecule has 0 saturated heterocycles. The number of pyridine rings is 1. The first-order valence-corrected chi connectivity index (χ1v) is 11.7. The van der Waals surface area contributed by atoms with Gasteiger partial charge in [0, 0.05) is 5.69 Å². The van der Waals surface area contributed by atoms with Crippen molar-refractivity contribution in [3.63, 3.8) is 0 Å². The van der Waals surface area contributed by atoms with E-state index in [1.54, 1.807) is 4.68 Å². The summed E-state index contributed by atoms with van der Waals surface area (Å²) in [6.07, 6.45) is 5.96. The number of fused-ring (bicyclic) bond motifs is 1. The molecule has 6 nitrogen and oxygen atoms in total. The first-order chi connectivity index (χ1) is 15.8. The first kappa shape index (κ1) is 20.4. The molecule has 0 bridgehead atoms. The van der Waals surface area contributed by atoms with Gasteiger partial charge in [0.15, 0.2) is 0 Å². The molecule has 0 fully saturated rings. The predicted octanol–water partition coefficient (Wildman–Crippen LogP) is 4.74. The van der Waals surface area contributed by atoms with Crippen LogP contribution < -0.4 is 0 Å². The Morgan fingerprint density at radius 2 is 1.62 bits per heavy atom. The smallest absolute Gasteiger partial charge is 0.220 e. The highest BCUT2D eigenvalue weighted by Crippen LogP contribution is 2.35. The van der Waals surface area contributed by atoms with E-state index in [1.807, 2.05) is 36.4 Å². The van der Waals surface area contributed by atoms with Gasteiger partial charge in [-0.1, -0.05) is 48.5 Å². The molecule has 4 aromatic rings. The molecule has 1 aliphatic rings. The molecule has 1 aliphatic carbocycles. The lowest BCUT2D eigenvalue weighted by Gasteiger charge is -2.22. The van der Waals surface area contributed by atoms with E-state index in [4.69, 9.17) is 4.98 Å². The molecule has 2 aromatic heterocycles. The SMILES string of the molecule is N#Cc1c(Sc2nnnn2-c2ccccc2)nc(CCc2ccccc2)c2c1CCCC2. The Morgan fingerprint density at radius 3 is 2.38 bits per heavy atom. The monoisotopic (exact) mass is 438 g/mol. The third-order valence-corrected chi connectivity index (χ3v) is 6.73. The number of aromatic nitrogens is 5. The lowest BCUT2D eigenvalue weighted by Crippen LogP contribution is -2.13. The summed E-state index contributed by atoms with van der Waals surface area (Å²) in [5.74, 6) is 0.